The minimum atomic E-state index is -0.370. The van der Waals surface area contributed by atoms with Crippen molar-refractivity contribution in [3.8, 4) is 0 Å². The topological polar surface area (TPSA) is 12.0 Å². The molecule has 0 spiro atoms. The summed E-state index contributed by atoms with van der Waals surface area (Å²) in [6.07, 6.45) is 2.20. The summed E-state index contributed by atoms with van der Waals surface area (Å²) in [5, 5.41) is 3.59. The van der Waals surface area contributed by atoms with Gasteiger partial charge in [0.2, 0.25) is 0 Å². The Morgan fingerprint density at radius 2 is 1.75 bits per heavy atom. The van der Waals surface area contributed by atoms with E-state index < -0.39 is 0 Å². The molecule has 0 amide bonds. The van der Waals surface area contributed by atoms with E-state index >= 15 is 0 Å². The van der Waals surface area contributed by atoms with E-state index in [2.05, 4.69) is 5.32 Å². The van der Waals surface area contributed by atoms with E-state index in [0.717, 1.165) is 18.4 Å². The Hall–Kier alpha value is -1.61. The molecular weight excluding hydrogens is 280 g/mol. The third-order valence-corrected chi connectivity index (χ3v) is 3.80. The standard InChI is InChI=1S/C16H14ClF2N/c17-12-5-8-15(14(19)9-12)20-16(10-1-2-10)11-3-6-13(18)7-4-11/h3-10,16,20H,1-2H2. The smallest absolute Gasteiger partial charge is 0.147 e. The molecule has 2 aromatic carbocycles. The normalized spacial score (nSPS) is 15.9. The molecule has 3 rings (SSSR count). The molecule has 20 heavy (non-hydrogen) atoms. The summed E-state index contributed by atoms with van der Waals surface area (Å²) in [6, 6.07) is 11.0. The van der Waals surface area contributed by atoms with Crippen LogP contribution in [0.2, 0.25) is 5.02 Å². The summed E-state index contributed by atoms with van der Waals surface area (Å²) >= 11 is 5.75. The molecule has 2 aromatic rings. The SMILES string of the molecule is Fc1ccc(C(Nc2ccc(Cl)cc2F)C2CC2)cc1. The molecule has 0 heterocycles. The minimum Gasteiger partial charge on any atom is -0.376 e. The van der Waals surface area contributed by atoms with E-state index in [4.69, 9.17) is 11.6 Å². The van der Waals surface area contributed by atoms with Crippen molar-refractivity contribution in [2.24, 2.45) is 5.92 Å². The van der Waals surface area contributed by atoms with Gasteiger partial charge >= 0.3 is 0 Å². The van der Waals surface area contributed by atoms with E-state index in [9.17, 15) is 8.78 Å². The molecule has 104 valence electrons. The lowest BCUT2D eigenvalue weighted by Crippen LogP contribution is -2.13. The lowest BCUT2D eigenvalue weighted by Gasteiger charge is -2.20. The van der Waals surface area contributed by atoms with Crippen molar-refractivity contribution in [3.05, 3.63) is 64.7 Å². The number of nitrogens with one attached hydrogen (secondary N) is 1. The van der Waals surface area contributed by atoms with Crippen LogP contribution in [0.25, 0.3) is 0 Å². The average molecular weight is 294 g/mol. The monoisotopic (exact) mass is 293 g/mol. The maximum atomic E-state index is 13.9. The highest BCUT2D eigenvalue weighted by atomic mass is 35.5. The molecule has 1 unspecified atom stereocenters. The van der Waals surface area contributed by atoms with Gasteiger partial charge in [0.1, 0.15) is 11.6 Å². The Kier molecular flexibility index (Phi) is 3.62. The Morgan fingerprint density at radius 1 is 1.05 bits per heavy atom. The summed E-state index contributed by atoms with van der Waals surface area (Å²) in [5.41, 5.74) is 1.40. The summed E-state index contributed by atoms with van der Waals surface area (Å²) in [6.45, 7) is 0. The lowest BCUT2D eigenvalue weighted by atomic mass is 10.0. The molecular formula is C16H14ClF2N. The zero-order valence-electron chi connectivity index (χ0n) is 10.7. The molecule has 1 saturated carbocycles. The highest BCUT2D eigenvalue weighted by Gasteiger charge is 2.32. The van der Waals surface area contributed by atoms with Gasteiger partial charge in [-0.3, -0.25) is 0 Å². The van der Waals surface area contributed by atoms with Crippen molar-refractivity contribution < 1.29 is 8.78 Å². The van der Waals surface area contributed by atoms with Crippen LogP contribution in [0, 0.1) is 17.6 Å². The van der Waals surface area contributed by atoms with E-state index in [-0.39, 0.29) is 17.7 Å². The maximum Gasteiger partial charge on any atom is 0.147 e. The van der Waals surface area contributed by atoms with Gasteiger partial charge < -0.3 is 5.32 Å². The van der Waals surface area contributed by atoms with Crippen LogP contribution in [0.5, 0.6) is 0 Å². The first-order valence-electron chi connectivity index (χ1n) is 6.60. The van der Waals surface area contributed by atoms with Crippen LogP contribution >= 0.6 is 11.6 Å². The Bertz CT molecular complexity index is 608. The Labute approximate surface area is 121 Å². The molecule has 1 aliphatic carbocycles. The van der Waals surface area contributed by atoms with Crippen LogP contribution < -0.4 is 5.32 Å². The van der Waals surface area contributed by atoms with Crippen LogP contribution in [0.1, 0.15) is 24.4 Å². The van der Waals surface area contributed by atoms with E-state index in [1.807, 2.05) is 0 Å². The van der Waals surface area contributed by atoms with Crippen LogP contribution in [0.15, 0.2) is 42.5 Å². The first kappa shape index (κ1) is 13.4. The number of rotatable bonds is 4. The fourth-order valence-electron chi connectivity index (χ4n) is 2.35. The fraction of sp³-hybridized carbons (Fsp3) is 0.250. The second kappa shape index (κ2) is 5.41. The van der Waals surface area contributed by atoms with Crippen molar-refractivity contribution in [1.82, 2.24) is 0 Å². The van der Waals surface area contributed by atoms with Crippen molar-refractivity contribution in [2.45, 2.75) is 18.9 Å². The number of benzene rings is 2. The van der Waals surface area contributed by atoms with Crippen LogP contribution in [-0.2, 0) is 0 Å². The third kappa shape index (κ3) is 2.93. The fourth-order valence-corrected chi connectivity index (χ4v) is 2.51. The van der Waals surface area contributed by atoms with Crippen LogP contribution in [0.4, 0.5) is 14.5 Å². The largest absolute Gasteiger partial charge is 0.376 e. The van der Waals surface area contributed by atoms with Gasteiger partial charge in [-0.05, 0) is 54.7 Å². The molecule has 1 fully saturated rings. The van der Waals surface area contributed by atoms with E-state index in [0.29, 0.717) is 16.6 Å². The highest BCUT2D eigenvalue weighted by Crippen LogP contribution is 2.43. The summed E-state index contributed by atoms with van der Waals surface area (Å²) in [4.78, 5) is 0. The van der Waals surface area contributed by atoms with Gasteiger partial charge in [0.25, 0.3) is 0 Å². The Morgan fingerprint density at radius 3 is 2.35 bits per heavy atom. The van der Waals surface area contributed by atoms with Crippen molar-refractivity contribution in [2.75, 3.05) is 5.32 Å². The summed E-state index contributed by atoms with van der Waals surface area (Å²) in [7, 11) is 0. The maximum absolute atomic E-state index is 13.9. The molecule has 0 radical (unpaired) electrons. The lowest BCUT2D eigenvalue weighted by molar-refractivity contribution is 0.611. The second-order valence-corrected chi connectivity index (χ2v) is 5.57. The average Bonchev–Trinajstić information content (AvgIpc) is 3.24. The molecule has 0 saturated heterocycles. The van der Waals surface area contributed by atoms with Gasteiger partial charge in [-0.25, -0.2) is 8.78 Å². The van der Waals surface area contributed by atoms with Gasteiger partial charge in [0, 0.05) is 5.02 Å². The summed E-state index contributed by atoms with van der Waals surface area (Å²) in [5.74, 6) is -0.165. The molecule has 0 aromatic heterocycles. The summed E-state index contributed by atoms with van der Waals surface area (Å²) < 4.78 is 26.9. The van der Waals surface area contributed by atoms with Crippen LogP contribution in [-0.4, -0.2) is 0 Å². The number of hydrogen-bond donors (Lipinski definition) is 1. The zero-order chi connectivity index (χ0) is 14.1. The quantitative estimate of drug-likeness (QED) is 0.819. The van der Waals surface area contributed by atoms with E-state index in [1.165, 1.54) is 18.2 Å². The zero-order valence-corrected chi connectivity index (χ0v) is 11.5. The van der Waals surface area contributed by atoms with Gasteiger partial charge in [-0.1, -0.05) is 23.7 Å². The van der Waals surface area contributed by atoms with Gasteiger partial charge in [0.05, 0.1) is 11.7 Å². The van der Waals surface area contributed by atoms with Gasteiger partial charge in [-0.15, -0.1) is 0 Å². The predicted molar refractivity (Wildman–Crippen MR) is 76.9 cm³/mol. The van der Waals surface area contributed by atoms with Crippen molar-refractivity contribution in [3.63, 3.8) is 0 Å². The molecule has 4 heteroatoms. The molecule has 0 bridgehead atoms. The van der Waals surface area contributed by atoms with Crippen molar-refractivity contribution >= 4 is 17.3 Å². The first-order chi connectivity index (χ1) is 9.63. The highest BCUT2D eigenvalue weighted by molar-refractivity contribution is 6.30. The molecule has 1 atom stereocenters. The van der Waals surface area contributed by atoms with Crippen LogP contribution in [0.3, 0.4) is 0 Å². The molecule has 0 aliphatic heterocycles. The minimum absolute atomic E-state index is 0.00581. The van der Waals surface area contributed by atoms with Crippen molar-refractivity contribution in [1.29, 1.82) is 0 Å². The number of anilines is 1. The first-order valence-corrected chi connectivity index (χ1v) is 6.98. The second-order valence-electron chi connectivity index (χ2n) is 5.14. The Balaban J connectivity index is 1.86. The third-order valence-electron chi connectivity index (χ3n) is 3.56. The molecule has 1 N–H and O–H groups in total. The number of halogens is 3. The van der Waals surface area contributed by atoms with Gasteiger partial charge in [0.15, 0.2) is 0 Å². The molecule has 1 nitrogen and oxygen atoms in total. The number of hydrogen-bond acceptors (Lipinski definition) is 1. The molecule has 1 aliphatic rings. The predicted octanol–water partition coefficient (Wildman–Crippen LogP) is 5.18. The van der Waals surface area contributed by atoms with Gasteiger partial charge in [-0.2, -0.15) is 0 Å². The van der Waals surface area contributed by atoms with E-state index in [1.54, 1.807) is 24.3 Å².